The van der Waals surface area contributed by atoms with Crippen LogP contribution < -0.4 is 5.32 Å². The Balaban J connectivity index is 2.34. The van der Waals surface area contributed by atoms with E-state index in [0.29, 0.717) is 6.54 Å². The van der Waals surface area contributed by atoms with Gasteiger partial charge in [0.15, 0.2) is 0 Å². The van der Waals surface area contributed by atoms with Crippen LogP contribution in [0.5, 0.6) is 0 Å². The molecule has 104 valence electrons. The molecule has 1 fully saturated rings. The van der Waals surface area contributed by atoms with Gasteiger partial charge >= 0.3 is 12.0 Å². The van der Waals surface area contributed by atoms with E-state index in [2.05, 4.69) is 5.32 Å². The Morgan fingerprint density at radius 2 is 2.11 bits per heavy atom. The monoisotopic (exact) mass is 256 g/mol. The van der Waals surface area contributed by atoms with E-state index in [4.69, 9.17) is 5.11 Å². The summed E-state index contributed by atoms with van der Waals surface area (Å²) in [4.78, 5) is 24.1. The highest BCUT2D eigenvalue weighted by Crippen LogP contribution is 2.28. The standard InChI is InChI=1S/C13H24N2O3/c1-3-10(2)15(9-12(16)17)13(18)14-8-7-11-5-4-6-11/h10-11H,3-9H2,1-2H3,(H,14,18)(H,16,17). The van der Waals surface area contributed by atoms with Crippen molar-refractivity contribution in [3.63, 3.8) is 0 Å². The molecule has 0 aliphatic heterocycles. The fourth-order valence-electron chi connectivity index (χ4n) is 2.06. The number of rotatable bonds is 7. The predicted octanol–water partition coefficient (Wildman–Crippen LogP) is 2.07. The smallest absolute Gasteiger partial charge is 0.323 e. The molecule has 0 heterocycles. The number of carbonyl (C=O) groups excluding carboxylic acids is 1. The first kappa shape index (κ1) is 14.8. The molecule has 0 spiro atoms. The van der Waals surface area contributed by atoms with Crippen molar-refractivity contribution in [1.82, 2.24) is 10.2 Å². The number of nitrogens with zero attached hydrogens (tertiary/aromatic N) is 1. The molecule has 5 heteroatoms. The maximum absolute atomic E-state index is 11.9. The highest BCUT2D eigenvalue weighted by Gasteiger charge is 2.22. The molecule has 2 amide bonds. The first-order valence-electron chi connectivity index (χ1n) is 6.80. The predicted molar refractivity (Wildman–Crippen MR) is 69.5 cm³/mol. The van der Waals surface area contributed by atoms with Crippen molar-refractivity contribution in [2.75, 3.05) is 13.1 Å². The molecule has 5 nitrogen and oxygen atoms in total. The number of aliphatic carboxylic acids is 1. The third-order valence-corrected chi connectivity index (χ3v) is 3.74. The Hall–Kier alpha value is -1.26. The van der Waals surface area contributed by atoms with Gasteiger partial charge < -0.3 is 15.3 Å². The lowest BCUT2D eigenvalue weighted by Crippen LogP contribution is -2.47. The molecule has 1 rings (SSSR count). The summed E-state index contributed by atoms with van der Waals surface area (Å²) in [6.07, 6.45) is 5.59. The van der Waals surface area contributed by atoms with Crippen LogP contribution in [0, 0.1) is 5.92 Å². The average molecular weight is 256 g/mol. The van der Waals surface area contributed by atoms with Crippen molar-refractivity contribution in [2.24, 2.45) is 5.92 Å². The molecule has 0 bridgehead atoms. The molecule has 0 aromatic rings. The normalized spacial score (nSPS) is 16.8. The molecule has 1 atom stereocenters. The lowest BCUT2D eigenvalue weighted by Gasteiger charge is -2.29. The summed E-state index contributed by atoms with van der Waals surface area (Å²) in [6, 6.07) is -0.309. The van der Waals surface area contributed by atoms with Gasteiger partial charge in [0.25, 0.3) is 0 Å². The Bertz CT molecular complexity index is 290. The summed E-state index contributed by atoms with van der Waals surface area (Å²) in [5, 5.41) is 11.6. The van der Waals surface area contributed by atoms with Crippen LogP contribution in [-0.4, -0.2) is 41.1 Å². The number of nitrogens with one attached hydrogen (secondary N) is 1. The maximum Gasteiger partial charge on any atom is 0.323 e. The zero-order chi connectivity index (χ0) is 13.5. The Kier molecular flexibility index (Phi) is 5.95. The van der Waals surface area contributed by atoms with Crippen LogP contribution >= 0.6 is 0 Å². The van der Waals surface area contributed by atoms with Crippen molar-refractivity contribution in [3.8, 4) is 0 Å². The van der Waals surface area contributed by atoms with Crippen molar-refractivity contribution in [1.29, 1.82) is 0 Å². The minimum atomic E-state index is -0.968. The average Bonchev–Trinajstić information content (AvgIpc) is 2.27. The number of carbonyl (C=O) groups is 2. The second-order valence-electron chi connectivity index (χ2n) is 5.10. The maximum atomic E-state index is 11.9. The second kappa shape index (κ2) is 7.24. The Morgan fingerprint density at radius 1 is 1.44 bits per heavy atom. The first-order chi connectivity index (χ1) is 8.54. The molecule has 1 aliphatic carbocycles. The highest BCUT2D eigenvalue weighted by atomic mass is 16.4. The summed E-state index contributed by atoms with van der Waals surface area (Å²) >= 11 is 0. The first-order valence-corrected chi connectivity index (χ1v) is 6.80. The fraction of sp³-hybridized carbons (Fsp3) is 0.846. The minimum Gasteiger partial charge on any atom is -0.480 e. The third kappa shape index (κ3) is 4.55. The number of amides is 2. The van der Waals surface area contributed by atoms with Crippen LogP contribution in [0.4, 0.5) is 4.79 Å². The van der Waals surface area contributed by atoms with Crippen molar-refractivity contribution in [3.05, 3.63) is 0 Å². The van der Waals surface area contributed by atoms with Gasteiger partial charge in [0, 0.05) is 12.6 Å². The number of urea groups is 1. The van der Waals surface area contributed by atoms with Crippen LogP contribution in [-0.2, 0) is 4.79 Å². The van der Waals surface area contributed by atoms with Gasteiger partial charge in [-0.05, 0) is 25.7 Å². The van der Waals surface area contributed by atoms with E-state index < -0.39 is 5.97 Å². The zero-order valence-corrected chi connectivity index (χ0v) is 11.3. The topological polar surface area (TPSA) is 69.6 Å². The van der Waals surface area contributed by atoms with E-state index in [9.17, 15) is 9.59 Å². The van der Waals surface area contributed by atoms with Gasteiger partial charge in [0.1, 0.15) is 6.54 Å². The molecule has 1 saturated carbocycles. The van der Waals surface area contributed by atoms with Crippen LogP contribution in [0.15, 0.2) is 0 Å². The van der Waals surface area contributed by atoms with Crippen LogP contribution in [0.1, 0.15) is 46.0 Å². The van der Waals surface area contributed by atoms with Crippen molar-refractivity contribution in [2.45, 2.75) is 52.0 Å². The van der Waals surface area contributed by atoms with Gasteiger partial charge in [-0.3, -0.25) is 4.79 Å². The summed E-state index contributed by atoms with van der Waals surface area (Å²) in [7, 11) is 0. The lowest BCUT2D eigenvalue weighted by atomic mass is 9.83. The molecule has 0 aromatic heterocycles. The Labute approximate surface area is 109 Å². The van der Waals surface area contributed by atoms with Crippen molar-refractivity contribution < 1.29 is 14.7 Å². The van der Waals surface area contributed by atoms with Gasteiger partial charge in [0.2, 0.25) is 0 Å². The lowest BCUT2D eigenvalue weighted by molar-refractivity contribution is -0.138. The quantitative estimate of drug-likeness (QED) is 0.732. The molecule has 1 unspecified atom stereocenters. The van der Waals surface area contributed by atoms with Gasteiger partial charge in [-0.15, -0.1) is 0 Å². The van der Waals surface area contributed by atoms with Gasteiger partial charge in [0.05, 0.1) is 0 Å². The molecular weight excluding hydrogens is 232 g/mol. The van der Waals surface area contributed by atoms with Gasteiger partial charge in [-0.2, -0.15) is 0 Å². The molecule has 0 radical (unpaired) electrons. The summed E-state index contributed by atoms with van der Waals surface area (Å²) in [6.45, 7) is 4.23. The van der Waals surface area contributed by atoms with Crippen LogP contribution in [0.25, 0.3) is 0 Å². The summed E-state index contributed by atoms with van der Waals surface area (Å²) in [5.41, 5.74) is 0. The van der Waals surface area contributed by atoms with E-state index in [1.807, 2.05) is 13.8 Å². The van der Waals surface area contributed by atoms with Gasteiger partial charge in [-0.25, -0.2) is 4.79 Å². The largest absolute Gasteiger partial charge is 0.480 e. The molecule has 0 aromatic carbocycles. The van der Waals surface area contributed by atoms with E-state index in [-0.39, 0.29) is 18.6 Å². The summed E-state index contributed by atoms with van der Waals surface area (Å²) in [5.74, 6) is -0.216. The van der Waals surface area contributed by atoms with E-state index in [0.717, 1.165) is 18.8 Å². The number of carboxylic acid groups (broad SMARTS) is 1. The highest BCUT2D eigenvalue weighted by molar-refractivity contribution is 5.80. The van der Waals surface area contributed by atoms with E-state index >= 15 is 0 Å². The Morgan fingerprint density at radius 3 is 2.56 bits per heavy atom. The molecule has 1 aliphatic rings. The fourth-order valence-corrected chi connectivity index (χ4v) is 2.06. The van der Waals surface area contributed by atoms with E-state index in [1.165, 1.54) is 24.2 Å². The van der Waals surface area contributed by atoms with E-state index in [1.54, 1.807) is 0 Å². The molecule has 18 heavy (non-hydrogen) atoms. The SMILES string of the molecule is CCC(C)N(CC(=O)O)C(=O)NCCC1CCC1. The molecule has 0 saturated heterocycles. The number of hydrogen-bond acceptors (Lipinski definition) is 2. The number of hydrogen-bond donors (Lipinski definition) is 2. The van der Waals surface area contributed by atoms with Gasteiger partial charge in [-0.1, -0.05) is 26.2 Å². The minimum absolute atomic E-state index is 0.0511. The zero-order valence-electron chi connectivity index (χ0n) is 11.3. The van der Waals surface area contributed by atoms with Crippen molar-refractivity contribution >= 4 is 12.0 Å². The van der Waals surface area contributed by atoms with Crippen LogP contribution in [0.3, 0.4) is 0 Å². The summed E-state index contributed by atoms with van der Waals surface area (Å²) < 4.78 is 0. The molecule has 2 N–H and O–H groups in total. The number of carboxylic acids is 1. The van der Waals surface area contributed by atoms with Crippen LogP contribution in [0.2, 0.25) is 0 Å². The third-order valence-electron chi connectivity index (χ3n) is 3.74. The second-order valence-corrected chi connectivity index (χ2v) is 5.10. The molecular formula is C13H24N2O3.